The van der Waals surface area contributed by atoms with E-state index in [1.165, 1.54) is 0 Å². The highest BCUT2D eigenvalue weighted by atomic mass is 79.9. The minimum absolute atomic E-state index is 0.258. The number of hydrogen-bond acceptors (Lipinski definition) is 4. The van der Waals surface area contributed by atoms with Crippen LogP contribution in [0.4, 0.5) is 5.95 Å². The molecule has 1 unspecified atom stereocenters. The van der Waals surface area contributed by atoms with Crippen LogP contribution in [0.1, 0.15) is 6.42 Å². The maximum absolute atomic E-state index is 9.53. The van der Waals surface area contributed by atoms with Gasteiger partial charge in [0.1, 0.15) is 0 Å². The van der Waals surface area contributed by atoms with E-state index in [9.17, 15) is 5.11 Å². The lowest BCUT2D eigenvalue weighted by Gasteiger charge is -2.15. The van der Waals surface area contributed by atoms with Crippen LogP contribution in [-0.4, -0.2) is 34.3 Å². The number of hydrogen-bond donors (Lipinski definition) is 1. The predicted molar refractivity (Wildman–Crippen MR) is 78.0 cm³/mol. The minimum Gasteiger partial charge on any atom is -0.391 e. The number of halogens is 1. The Morgan fingerprint density at radius 1 is 1.21 bits per heavy atom. The van der Waals surface area contributed by atoms with Crippen LogP contribution < -0.4 is 4.90 Å². The zero-order valence-electron chi connectivity index (χ0n) is 10.3. The second-order valence-corrected chi connectivity index (χ2v) is 5.49. The molecule has 1 saturated heterocycles. The van der Waals surface area contributed by atoms with E-state index in [0.29, 0.717) is 12.5 Å². The third-order valence-electron chi connectivity index (χ3n) is 3.27. The lowest BCUT2D eigenvalue weighted by molar-refractivity contribution is 0.198. The molecule has 4 nitrogen and oxygen atoms in total. The first-order valence-corrected chi connectivity index (χ1v) is 7.03. The number of aliphatic hydroxyl groups excluding tert-OH is 1. The summed E-state index contributed by atoms with van der Waals surface area (Å²) in [5.74, 6) is 0.687. The summed E-state index contributed by atoms with van der Waals surface area (Å²) in [4.78, 5) is 10.8. The van der Waals surface area contributed by atoms with Crippen molar-refractivity contribution in [3.05, 3.63) is 41.1 Å². The van der Waals surface area contributed by atoms with Crippen LogP contribution >= 0.6 is 15.9 Å². The number of rotatable bonds is 2. The molecule has 0 aliphatic carbocycles. The van der Waals surface area contributed by atoms with E-state index < -0.39 is 0 Å². The molecule has 5 heteroatoms. The van der Waals surface area contributed by atoms with E-state index in [4.69, 9.17) is 0 Å². The van der Waals surface area contributed by atoms with E-state index in [1.54, 1.807) is 0 Å². The Hall–Kier alpha value is -1.46. The van der Waals surface area contributed by atoms with Crippen molar-refractivity contribution in [3.63, 3.8) is 0 Å². The van der Waals surface area contributed by atoms with E-state index in [0.717, 1.165) is 28.6 Å². The molecular formula is C14H14BrN3O. The molecule has 0 spiro atoms. The van der Waals surface area contributed by atoms with Crippen LogP contribution in [0, 0.1) is 0 Å². The topological polar surface area (TPSA) is 49.2 Å². The van der Waals surface area contributed by atoms with Crippen molar-refractivity contribution in [2.24, 2.45) is 0 Å². The number of anilines is 1. The highest BCUT2D eigenvalue weighted by Crippen LogP contribution is 2.27. The van der Waals surface area contributed by atoms with Crippen LogP contribution in [0.5, 0.6) is 0 Å². The average molecular weight is 320 g/mol. The molecule has 19 heavy (non-hydrogen) atoms. The van der Waals surface area contributed by atoms with Gasteiger partial charge >= 0.3 is 0 Å². The molecule has 1 atom stereocenters. The first-order valence-electron chi connectivity index (χ1n) is 6.24. The van der Waals surface area contributed by atoms with Gasteiger partial charge in [0.25, 0.3) is 0 Å². The summed E-state index contributed by atoms with van der Waals surface area (Å²) in [6.07, 6.45) is 4.18. The zero-order chi connectivity index (χ0) is 13.2. The summed E-state index contributed by atoms with van der Waals surface area (Å²) in [7, 11) is 0. The van der Waals surface area contributed by atoms with Gasteiger partial charge in [0.2, 0.25) is 5.95 Å². The first-order chi connectivity index (χ1) is 9.24. The maximum atomic E-state index is 9.53. The number of β-amino-alcohol motifs (C(OH)–C–C–N with tert-alkyl or cyclic N) is 1. The lowest BCUT2D eigenvalue weighted by Crippen LogP contribution is -2.23. The van der Waals surface area contributed by atoms with Gasteiger partial charge in [-0.3, -0.25) is 0 Å². The summed E-state index contributed by atoms with van der Waals surface area (Å²) in [5, 5.41) is 9.53. The van der Waals surface area contributed by atoms with Crippen LogP contribution in [-0.2, 0) is 0 Å². The summed E-state index contributed by atoms with van der Waals surface area (Å²) in [5.41, 5.74) is 2.06. The number of aliphatic hydroxyl groups is 1. The Balaban J connectivity index is 1.85. The smallest absolute Gasteiger partial charge is 0.225 e. The van der Waals surface area contributed by atoms with E-state index in [-0.39, 0.29) is 6.10 Å². The van der Waals surface area contributed by atoms with Crippen LogP contribution in [0.15, 0.2) is 41.1 Å². The van der Waals surface area contributed by atoms with Crippen molar-refractivity contribution >= 4 is 21.9 Å². The summed E-state index contributed by atoms with van der Waals surface area (Å²) >= 11 is 3.53. The molecule has 1 N–H and O–H groups in total. The van der Waals surface area contributed by atoms with Crippen molar-refractivity contribution in [1.29, 1.82) is 0 Å². The van der Waals surface area contributed by atoms with Gasteiger partial charge < -0.3 is 10.0 Å². The van der Waals surface area contributed by atoms with Gasteiger partial charge in [-0.1, -0.05) is 34.1 Å². The molecule has 3 rings (SSSR count). The predicted octanol–water partition coefficient (Wildman–Crippen LogP) is 2.48. The standard InChI is InChI=1S/C14H14BrN3O/c15-13-4-2-1-3-12(13)10-7-16-14(17-8-10)18-6-5-11(19)9-18/h1-4,7-8,11,19H,5-6,9H2. The molecule has 1 aromatic carbocycles. The Morgan fingerprint density at radius 3 is 2.58 bits per heavy atom. The molecule has 0 amide bonds. The van der Waals surface area contributed by atoms with Crippen LogP contribution in [0.2, 0.25) is 0 Å². The molecule has 0 saturated carbocycles. The number of nitrogens with zero attached hydrogens (tertiary/aromatic N) is 3. The highest BCUT2D eigenvalue weighted by molar-refractivity contribution is 9.10. The second kappa shape index (κ2) is 5.27. The second-order valence-electron chi connectivity index (χ2n) is 4.64. The summed E-state index contributed by atoms with van der Waals surface area (Å²) in [6, 6.07) is 8.00. The molecule has 2 aromatic rings. The first kappa shape index (κ1) is 12.6. The van der Waals surface area contributed by atoms with Crippen molar-refractivity contribution < 1.29 is 5.11 Å². The van der Waals surface area contributed by atoms with Crippen LogP contribution in [0.25, 0.3) is 11.1 Å². The molecule has 1 aliphatic heterocycles. The lowest BCUT2D eigenvalue weighted by atomic mass is 10.1. The third-order valence-corrected chi connectivity index (χ3v) is 3.96. The fraction of sp³-hybridized carbons (Fsp3) is 0.286. The van der Waals surface area contributed by atoms with Gasteiger partial charge in [-0.15, -0.1) is 0 Å². The Bertz CT molecular complexity index is 573. The molecule has 1 aliphatic rings. The minimum atomic E-state index is -0.258. The van der Waals surface area contributed by atoms with Gasteiger partial charge in [0, 0.05) is 35.5 Å². The van der Waals surface area contributed by atoms with Gasteiger partial charge in [-0.05, 0) is 18.1 Å². The Morgan fingerprint density at radius 2 is 1.95 bits per heavy atom. The van der Waals surface area contributed by atoms with Crippen LogP contribution in [0.3, 0.4) is 0 Å². The van der Waals surface area contributed by atoms with E-state index >= 15 is 0 Å². The number of benzene rings is 1. The fourth-order valence-electron chi connectivity index (χ4n) is 2.24. The van der Waals surface area contributed by atoms with Gasteiger partial charge in [-0.2, -0.15) is 0 Å². The monoisotopic (exact) mass is 319 g/mol. The fourth-order valence-corrected chi connectivity index (χ4v) is 2.76. The van der Waals surface area contributed by atoms with Crippen molar-refractivity contribution in [1.82, 2.24) is 9.97 Å². The number of aromatic nitrogens is 2. The Labute approximate surface area is 120 Å². The highest BCUT2D eigenvalue weighted by Gasteiger charge is 2.22. The molecule has 98 valence electrons. The zero-order valence-corrected chi connectivity index (χ0v) is 11.9. The van der Waals surface area contributed by atoms with E-state index in [2.05, 4.69) is 25.9 Å². The molecule has 0 radical (unpaired) electrons. The largest absolute Gasteiger partial charge is 0.391 e. The molecule has 2 heterocycles. The van der Waals surface area contributed by atoms with Crippen molar-refractivity contribution in [2.75, 3.05) is 18.0 Å². The summed E-state index contributed by atoms with van der Waals surface area (Å²) < 4.78 is 1.03. The van der Waals surface area contributed by atoms with Gasteiger partial charge in [0.05, 0.1) is 6.10 Å². The normalized spacial score (nSPS) is 18.8. The summed E-state index contributed by atoms with van der Waals surface area (Å²) in [6.45, 7) is 1.43. The van der Waals surface area contributed by atoms with Crippen molar-refractivity contribution in [2.45, 2.75) is 12.5 Å². The van der Waals surface area contributed by atoms with Gasteiger partial charge in [-0.25, -0.2) is 9.97 Å². The Kier molecular flexibility index (Phi) is 3.48. The molecule has 0 bridgehead atoms. The quantitative estimate of drug-likeness (QED) is 0.923. The maximum Gasteiger partial charge on any atom is 0.225 e. The molecule has 1 fully saturated rings. The van der Waals surface area contributed by atoms with E-state index in [1.807, 2.05) is 41.6 Å². The SMILES string of the molecule is OC1CCN(c2ncc(-c3ccccc3Br)cn2)C1. The average Bonchev–Trinajstić information content (AvgIpc) is 2.86. The molecule has 1 aromatic heterocycles. The third kappa shape index (κ3) is 2.62. The molecular weight excluding hydrogens is 306 g/mol. The van der Waals surface area contributed by atoms with Crippen molar-refractivity contribution in [3.8, 4) is 11.1 Å². The van der Waals surface area contributed by atoms with Gasteiger partial charge in [0.15, 0.2) is 0 Å².